The first-order valence-electron chi connectivity index (χ1n) is 6.10. The molecular formula is C13H13Cl2N3O2S. The third-order valence-electron chi connectivity index (χ3n) is 2.57. The minimum atomic E-state index is -3.77. The van der Waals surface area contributed by atoms with Crippen LogP contribution in [-0.2, 0) is 10.0 Å². The van der Waals surface area contributed by atoms with Crippen LogP contribution >= 0.6 is 23.2 Å². The molecule has 8 heteroatoms. The number of nitrogens with one attached hydrogen (secondary N) is 2. The van der Waals surface area contributed by atoms with Crippen LogP contribution in [0.5, 0.6) is 0 Å². The van der Waals surface area contributed by atoms with E-state index in [0.29, 0.717) is 17.4 Å². The van der Waals surface area contributed by atoms with Crippen LogP contribution < -0.4 is 10.0 Å². The molecule has 1 aromatic heterocycles. The third kappa shape index (κ3) is 4.00. The Bertz CT molecular complexity index is 751. The maximum atomic E-state index is 12.4. The zero-order valence-electron chi connectivity index (χ0n) is 11.1. The number of nitrogens with zero attached hydrogens (tertiary/aromatic N) is 1. The highest BCUT2D eigenvalue weighted by Crippen LogP contribution is 2.28. The van der Waals surface area contributed by atoms with Crippen molar-refractivity contribution < 1.29 is 8.42 Å². The molecule has 0 radical (unpaired) electrons. The number of hydrogen-bond acceptors (Lipinski definition) is 4. The Morgan fingerprint density at radius 1 is 1.19 bits per heavy atom. The highest BCUT2D eigenvalue weighted by atomic mass is 35.5. The SMILES string of the molecule is CCNc1cc(S(=O)(=O)Nc2cc(Cl)ccc2Cl)ccn1. The molecule has 2 aromatic rings. The number of pyridine rings is 1. The Balaban J connectivity index is 2.34. The van der Waals surface area contributed by atoms with Crippen LogP contribution in [0.1, 0.15) is 6.92 Å². The van der Waals surface area contributed by atoms with Gasteiger partial charge in [-0.3, -0.25) is 4.72 Å². The molecule has 0 aliphatic heterocycles. The number of aromatic nitrogens is 1. The Labute approximate surface area is 133 Å². The van der Waals surface area contributed by atoms with Gasteiger partial charge in [-0.2, -0.15) is 0 Å². The van der Waals surface area contributed by atoms with Gasteiger partial charge < -0.3 is 5.32 Å². The van der Waals surface area contributed by atoms with Gasteiger partial charge in [0.25, 0.3) is 10.0 Å². The fourth-order valence-corrected chi connectivity index (χ4v) is 3.11. The summed E-state index contributed by atoms with van der Waals surface area (Å²) in [6, 6.07) is 7.41. The summed E-state index contributed by atoms with van der Waals surface area (Å²) in [6.45, 7) is 2.54. The molecule has 2 rings (SSSR count). The van der Waals surface area contributed by atoms with Crippen molar-refractivity contribution in [3.8, 4) is 0 Å². The zero-order valence-corrected chi connectivity index (χ0v) is 13.4. The molecule has 0 aliphatic rings. The lowest BCUT2D eigenvalue weighted by atomic mass is 10.3. The van der Waals surface area contributed by atoms with Crippen LogP contribution in [-0.4, -0.2) is 19.9 Å². The first-order chi connectivity index (χ1) is 9.92. The maximum Gasteiger partial charge on any atom is 0.262 e. The first kappa shape index (κ1) is 15.9. The standard InChI is InChI=1S/C13H13Cl2N3O2S/c1-2-16-13-8-10(5-6-17-13)21(19,20)18-12-7-9(14)3-4-11(12)15/h3-8,18H,2H2,1H3,(H,16,17). The van der Waals surface area contributed by atoms with Crippen molar-refractivity contribution in [2.24, 2.45) is 0 Å². The average Bonchev–Trinajstić information content (AvgIpc) is 2.43. The Morgan fingerprint density at radius 3 is 2.67 bits per heavy atom. The summed E-state index contributed by atoms with van der Waals surface area (Å²) in [5, 5.41) is 3.61. The molecule has 0 amide bonds. The second-order valence-corrected chi connectivity index (χ2v) is 6.66. The van der Waals surface area contributed by atoms with Crippen LogP contribution in [0, 0.1) is 0 Å². The zero-order chi connectivity index (χ0) is 15.5. The van der Waals surface area contributed by atoms with Crippen molar-refractivity contribution in [2.75, 3.05) is 16.6 Å². The van der Waals surface area contributed by atoms with E-state index in [1.165, 1.54) is 30.5 Å². The summed E-state index contributed by atoms with van der Waals surface area (Å²) in [6.07, 6.45) is 1.42. The molecule has 0 fully saturated rings. The normalized spacial score (nSPS) is 11.2. The predicted octanol–water partition coefficient (Wildman–Crippen LogP) is 3.62. The Hall–Kier alpha value is -1.50. The quantitative estimate of drug-likeness (QED) is 0.867. The summed E-state index contributed by atoms with van der Waals surface area (Å²) >= 11 is 11.8. The first-order valence-corrected chi connectivity index (χ1v) is 8.34. The van der Waals surface area contributed by atoms with E-state index < -0.39 is 10.0 Å². The molecule has 112 valence electrons. The average molecular weight is 346 g/mol. The van der Waals surface area contributed by atoms with E-state index in [4.69, 9.17) is 23.2 Å². The summed E-state index contributed by atoms with van der Waals surface area (Å²) in [4.78, 5) is 4.12. The molecule has 0 unspecified atom stereocenters. The lowest BCUT2D eigenvalue weighted by molar-refractivity contribution is 0.601. The fourth-order valence-electron chi connectivity index (χ4n) is 1.64. The van der Waals surface area contributed by atoms with Crippen LogP contribution in [0.25, 0.3) is 0 Å². The smallest absolute Gasteiger partial charge is 0.262 e. The van der Waals surface area contributed by atoms with E-state index in [1.54, 1.807) is 6.07 Å². The summed E-state index contributed by atoms with van der Waals surface area (Å²) in [7, 11) is -3.77. The molecular weight excluding hydrogens is 333 g/mol. The number of anilines is 2. The lowest BCUT2D eigenvalue weighted by Gasteiger charge is -2.11. The maximum absolute atomic E-state index is 12.4. The van der Waals surface area contributed by atoms with Gasteiger partial charge in [-0.05, 0) is 31.2 Å². The number of benzene rings is 1. The molecule has 21 heavy (non-hydrogen) atoms. The third-order valence-corrected chi connectivity index (χ3v) is 4.50. The summed E-state index contributed by atoms with van der Waals surface area (Å²) in [5.41, 5.74) is 0.228. The number of halogens is 2. The molecule has 0 aliphatic carbocycles. The second-order valence-electron chi connectivity index (χ2n) is 4.14. The molecule has 0 atom stereocenters. The number of hydrogen-bond donors (Lipinski definition) is 2. The van der Waals surface area contributed by atoms with Crippen LogP contribution in [0.3, 0.4) is 0 Å². The number of sulfonamides is 1. The van der Waals surface area contributed by atoms with E-state index in [0.717, 1.165) is 0 Å². The Kier molecular flexibility index (Phi) is 4.92. The highest BCUT2D eigenvalue weighted by Gasteiger charge is 2.16. The van der Waals surface area contributed by atoms with E-state index in [-0.39, 0.29) is 15.6 Å². The van der Waals surface area contributed by atoms with Gasteiger partial charge in [0.05, 0.1) is 15.6 Å². The summed E-state index contributed by atoms with van der Waals surface area (Å²) < 4.78 is 27.1. The van der Waals surface area contributed by atoms with Crippen LogP contribution in [0.15, 0.2) is 41.4 Å². The molecule has 2 N–H and O–H groups in total. The van der Waals surface area contributed by atoms with Gasteiger partial charge in [0.15, 0.2) is 0 Å². The van der Waals surface area contributed by atoms with Gasteiger partial charge in [0.1, 0.15) is 5.82 Å². The van der Waals surface area contributed by atoms with E-state index in [9.17, 15) is 8.42 Å². The van der Waals surface area contributed by atoms with Gasteiger partial charge in [0.2, 0.25) is 0 Å². The molecule has 0 saturated carbocycles. The molecule has 5 nitrogen and oxygen atoms in total. The van der Waals surface area contributed by atoms with E-state index in [2.05, 4.69) is 15.0 Å². The number of rotatable bonds is 5. The molecule has 0 saturated heterocycles. The van der Waals surface area contributed by atoms with Crippen LogP contribution in [0.4, 0.5) is 11.5 Å². The van der Waals surface area contributed by atoms with Crippen molar-refractivity contribution in [3.05, 3.63) is 46.6 Å². The van der Waals surface area contributed by atoms with Gasteiger partial charge in [-0.1, -0.05) is 23.2 Å². The minimum absolute atomic E-state index is 0.0875. The molecule has 1 aromatic carbocycles. The van der Waals surface area contributed by atoms with Crippen molar-refractivity contribution >= 4 is 44.7 Å². The largest absolute Gasteiger partial charge is 0.370 e. The molecule has 0 bridgehead atoms. The van der Waals surface area contributed by atoms with Crippen molar-refractivity contribution in [1.29, 1.82) is 0 Å². The predicted molar refractivity (Wildman–Crippen MR) is 85.7 cm³/mol. The molecule has 1 heterocycles. The Morgan fingerprint density at radius 2 is 1.95 bits per heavy atom. The monoisotopic (exact) mass is 345 g/mol. The van der Waals surface area contributed by atoms with Crippen molar-refractivity contribution in [2.45, 2.75) is 11.8 Å². The van der Waals surface area contributed by atoms with Gasteiger partial charge in [-0.25, -0.2) is 13.4 Å². The lowest BCUT2D eigenvalue weighted by Crippen LogP contribution is -2.14. The van der Waals surface area contributed by atoms with Crippen molar-refractivity contribution in [3.63, 3.8) is 0 Å². The van der Waals surface area contributed by atoms with Gasteiger partial charge >= 0.3 is 0 Å². The van der Waals surface area contributed by atoms with E-state index in [1.807, 2.05) is 6.92 Å². The van der Waals surface area contributed by atoms with Gasteiger partial charge in [-0.15, -0.1) is 0 Å². The van der Waals surface area contributed by atoms with Crippen molar-refractivity contribution in [1.82, 2.24) is 4.98 Å². The van der Waals surface area contributed by atoms with E-state index >= 15 is 0 Å². The highest BCUT2D eigenvalue weighted by molar-refractivity contribution is 7.92. The fraction of sp³-hybridized carbons (Fsp3) is 0.154. The second kappa shape index (κ2) is 6.51. The topological polar surface area (TPSA) is 71.1 Å². The molecule has 0 spiro atoms. The minimum Gasteiger partial charge on any atom is -0.370 e. The summed E-state index contributed by atoms with van der Waals surface area (Å²) in [5.74, 6) is 0.484. The van der Waals surface area contributed by atoms with Crippen LogP contribution in [0.2, 0.25) is 10.0 Å². The van der Waals surface area contributed by atoms with Gasteiger partial charge in [0, 0.05) is 23.8 Å².